The van der Waals surface area contributed by atoms with E-state index in [0.29, 0.717) is 25.0 Å². The van der Waals surface area contributed by atoms with Gasteiger partial charge in [-0.3, -0.25) is 4.79 Å². The zero-order valence-corrected chi connectivity index (χ0v) is 12.2. The van der Waals surface area contributed by atoms with Crippen LogP contribution in [0.1, 0.15) is 12.8 Å². The Morgan fingerprint density at radius 3 is 2.59 bits per heavy atom. The van der Waals surface area contributed by atoms with Gasteiger partial charge in [0, 0.05) is 18.8 Å². The van der Waals surface area contributed by atoms with Gasteiger partial charge in [0.05, 0.1) is 13.8 Å². The summed E-state index contributed by atoms with van der Waals surface area (Å²) in [5, 5.41) is 11.9. The predicted molar refractivity (Wildman–Crippen MR) is 81.4 cm³/mol. The molecule has 0 aliphatic carbocycles. The number of nitrogens with one attached hydrogen (secondary N) is 1. The third-order valence-electron chi connectivity index (χ3n) is 3.92. The zero-order chi connectivity index (χ0) is 16.1. The predicted octanol–water partition coefficient (Wildman–Crippen LogP) is 2.36. The fourth-order valence-electron chi connectivity index (χ4n) is 2.73. The topological polar surface area (TPSA) is 69.6 Å². The van der Waals surface area contributed by atoms with Crippen molar-refractivity contribution >= 4 is 25.5 Å². The molecule has 0 bridgehead atoms. The number of carbonyl (C=O) groups excluding carboxylic acids is 1. The van der Waals surface area contributed by atoms with E-state index in [-0.39, 0.29) is 24.3 Å². The number of benzene rings is 1. The van der Waals surface area contributed by atoms with Gasteiger partial charge in [0.1, 0.15) is 5.82 Å². The van der Waals surface area contributed by atoms with Crippen LogP contribution in [0.5, 0.6) is 0 Å². The number of carboxylic acids is 1. The highest BCUT2D eigenvalue weighted by atomic mass is 19.1. The van der Waals surface area contributed by atoms with Crippen molar-refractivity contribution in [2.24, 2.45) is 11.8 Å². The number of amides is 2. The summed E-state index contributed by atoms with van der Waals surface area (Å²) in [5.74, 6) is -1.92. The highest BCUT2D eigenvalue weighted by Gasteiger charge is 2.39. The van der Waals surface area contributed by atoms with E-state index >= 15 is 0 Å². The van der Waals surface area contributed by atoms with Crippen LogP contribution < -0.4 is 5.32 Å². The molecule has 1 saturated heterocycles. The first-order valence-electron chi connectivity index (χ1n) is 7.25. The van der Waals surface area contributed by atoms with E-state index in [0.717, 1.165) is 6.42 Å². The molecule has 1 aliphatic heterocycles. The number of hydrogen-bond donors (Lipinski definition) is 2. The van der Waals surface area contributed by atoms with Crippen LogP contribution in [-0.2, 0) is 4.79 Å². The largest absolute Gasteiger partial charge is 0.481 e. The molecular weight excluding hydrogens is 286 g/mol. The fourth-order valence-corrected chi connectivity index (χ4v) is 2.73. The summed E-state index contributed by atoms with van der Waals surface area (Å²) in [4.78, 5) is 25.0. The summed E-state index contributed by atoms with van der Waals surface area (Å²) < 4.78 is 12.8. The molecule has 0 aromatic heterocycles. The molecule has 1 aliphatic rings. The lowest BCUT2D eigenvalue weighted by Crippen LogP contribution is -2.33. The van der Waals surface area contributed by atoms with Gasteiger partial charge in [0.25, 0.3) is 0 Å². The van der Waals surface area contributed by atoms with Gasteiger partial charge in [-0.25, -0.2) is 9.18 Å². The lowest BCUT2D eigenvalue weighted by molar-refractivity contribution is -0.142. The van der Waals surface area contributed by atoms with Crippen LogP contribution in [0.15, 0.2) is 24.3 Å². The van der Waals surface area contributed by atoms with Crippen LogP contribution >= 0.6 is 0 Å². The van der Waals surface area contributed by atoms with Crippen molar-refractivity contribution < 1.29 is 19.1 Å². The summed E-state index contributed by atoms with van der Waals surface area (Å²) in [6.07, 6.45) is 1.93. The molecular formula is C15H18BFN2O3. The van der Waals surface area contributed by atoms with Gasteiger partial charge >= 0.3 is 12.0 Å². The van der Waals surface area contributed by atoms with Crippen LogP contribution in [0.3, 0.4) is 0 Å². The zero-order valence-electron chi connectivity index (χ0n) is 12.2. The number of aliphatic carboxylic acids is 1. The van der Waals surface area contributed by atoms with Gasteiger partial charge in [0.15, 0.2) is 0 Å². The molecule has 116 valence electrons. The quantitative estimate of drug-likeness (QED) is 0.820. The van der Waals surface area contributed by atoms with E-state index in [4.69, 9.17) is 7.85 Å². The van der Waals surface area contributed by atoms with E-state index in [1.165, 1.54) is 29.2 Å². The van der Waals surface area contributed by atoms with Crippen LogP contribution in [0, 0.1) is 17.7 Å². The van der Waals surface area contributed by atoms with E-state index in [2.05, 4.69) is 5.32 Å². The Bertz CT molecular complexity index is 538. The van der Waals surface area contributed by atoms with Crippen LogP contribution in [-0.4, -0.2) is 42.9 Å². The molecule has 5 nitrogen and oxygen atoms in total. The minimum absolute atomic E-state index is 0.0833. The average Bonchev–Trinajstić information content (AvgIpc) is 2.92. The summed E-state index contributed by atoms with van der Waals surface area (Å²) >= 11 is 0. The molecule has 2 N–H and O–H groups in total. The fraction of sp³-hybridized carbons (Fsp3) is 0.467. The second-order valence-corrected chi connectivity index (χ2v) is 5.48. The number of urea groups is 1. The van der Waals surface area contributed by atoms with Crippen LogP contribution in [0.4, 0.5) is 14.9 Å². The summed E-state index contributed by atoms with van der Waals surface area (Å²) in [6.45, 7) is 0.571. The summed E-state index contributed by atoms with van der Waals surface area (Å²) in [5.41, 5.74) is 0.476. The standard InChI is InChI=1S/C15H18BFN2O3/c16-7-1-2-10-8-19(9-13(10)14(20)21)15(22)18-12-5-3-11(17)4-6-12/h3-6,10,13H,1-2,7-9H2,(H,18,22)(H,20,21)/t10-,13+/m0/s1. The molecule has 2 rings (SSSR count). The van der Waals surface area contributed by atoms with Crippen molar-refractivity contribution in [2.45, 2.75) is 19.2 Å². The second kappa shape index (κ2) is 7.29. The van der Waals surface area contributed by atoms with Crippen molar-refractivity contribution in [1.82, 2.24) is 4.90 Å². The Morgan fingerprint density at radius 1 is 1.32 bits per heavy atom. The minimum Gasteiger partial charge on any atom is -0.481 e. The lowest BCUT2D eigenvalue weighted by Gasteiger charge is -2.17. The first kappa shape index (κ1) is 16.3. The molecule has 2 atom stereocenters. The Labute approximate surface area is 129 Å². The van der Waals surface area contributed by atoms with Gasteiger partial charge in [-0.2, -0.15) is 0 Å². The third-order valence-corrected chi connectivity index (χ3v) is 3.92. The van der Waals surface area contributed by atoms with Crippen molar-refractivity contribution in [3.05, 3.63) is 30.1 Å². The van der Waals surface area contributed by atoms with E-state index in [1.807, 2.05) is 0 Å². The molecule has 1 aromatic carbocycles. The monoisotopic (exact) mass is 304 g/mol. The Hall–Kier alpha value is -2.05. The maximum atomic E-state index is 12.8. The number of carboxylic acid groups (broad SMARTS) is 1. The number of anilines is 1. The number of carbonyl (C=O) groups is 2. The minimum atomic E-state index is -0.890. The molecule has 1 aromatic rings. The van der Waals surface area contributed by atoms with Crippen LogP contribution in [0.25, 0.3) is 0 Å². The Balaban J connectivity index is 1.98. The van der Waals surface area contributed by atoms with Crippen molar-refractivity contribution in [3.8, 4) is 0 Å². The van der Waals surface area contributed by atoms with Gasteiger partial charge in [-0.1, -0.05) is 12.7 Å². The van der Waals surface area contributed by atoms with E-state index < -0.39 is 11.9 Å². The number of halogens is 1. The molecule has 2 amide bonds. The first-order valence-corrected chi connectivity index (χ1v) is 7.25. The smallest absolute Gasteiger partial charge is 0.321 e. The Morgan fingerprint density at radius 2 is 2.00 bits per heavy atom. The van der Waals surface area contributed by atoms with Gasteiger partial charge in [0.2, 0.25) is 0 Å². The van der Waals surface area contributed by atoms with E-state index in [9.17, 15) is 19.1 Å². The average molecular weight is 304 g/mol. The second-order valence-electron chi connectivity index (χ2n) is 5.48. The highest BCUT2D eigenvalue weighted by molar-refractivity contribution is 6.08. The number of nitrogens with zero attached hydrogens (tertiary/aromatic N) is 1. The summed E-state index contributed by atoms with van der Waals surface area (Å²) in [7, 11) is 5.47. The third kappa shape index (κ3) is 3.99. The normalized spacial score (nSPS) is 20.9. The maximum Gasteiger partial charge on any atom is 0.321 e. The number of rotatable bonds is 5. The van der Waals surface area contributed by atoms with Crippen molar-refractivity contribution in [3.63, 3.8) is 0 Å². The molecule has 2 radical (unpaired) electrons. The van der Waals surface area contributed by atoms with E-state index in [1.54, 1.807) is 0 Å². The summed E-state index contributed by atoms with van der Waals surface area (Å²) in [6, 6.07) is 5.06. The number of likely N-dealkylation sites (tertiary alicyclic amines) is 1. The number of hydrogen-bond acceptors (Lipinski definition) is 2. The lowest BCUT2D eigenvalue weighted by atomic mass is 9.88. The highest BCUT2D eigenvalue weighted by Crippen LogP contribution is 2.28. The van der Waals surface area contributed by atoms with Gasteiger partial charge in [-0.05, 0) is 36.6 Å². The van der Waals surface area contributed by atoms with Gasteiger partial charge < -0.3 is 15.3 Å². The molecule has 0 saturated carbocycles. The molecule has 1 fully saturated rings. The Kier molecular flexibility index (Phi) is 5.41. The van der Waals surface area contributed by atoms with Crippen molar-refractivity contribution in [2.75, 3.05) is 18.4 Å². The molecule has 1 heterocycles. The molecule has 0 spiro atoms. The van der Waals surface area contributed by atoms with Crippen molar-refractivity contribution in [1.29, 1.82) is 0 Å². The SMILES string of the molecule is [B]CCC[C@H]1CN(C(=O)Nc2ccc(F)cc2)C[C@H]1C(=O)O. The first-order chi connectivity index (χ1) is 10.5. The molecule has 22 heavy (non-hydrogen) atoms. The maximum absolute atomic E-state index is 12.8. The molecule has 0 unspecified atom stereocenters. The van der Waals surface area contributed by atoms with Crippen LogP contribution in [0.2, 0.25) is 6.32 Å². The van der Waals surface area contributed by atoms with Gasteiger partial charge in [-0.15, -0.1) is 0 Å². The molecule has 7 heteroatoms.